The van der Waals surface area contributed by atoms with E-state index in [9.17, 15) is 4.79 Å². The number of nitrogens with two attached hydrogens (primary N) is 1. The number of H-pyrrole nitrogens is 1. The van der Waals surface area contributed by atoms with Gasteiger partial charge in [0.1, 0.15) is 0 Å². The van der Waals surface area contributed by atoms with Crippen molar-refractivity contribution in [2.24, 2.45) is 17.6 Å². The summed E-state index contributed by atoms with van der Waals surface area (Å²) in [5.74, 6) is 1.01. The standard InChI is InChI=1S/C14H17N5O/c15-13(20)12-11(9-3-4-16-14(9)19-18-12)17-10-6-7-1-2-8(10)5-7/h3-4,7-8,10H,1-2,5-6H2,(H2,15,20)(H2,16,17,19)/t7-,8-,10-/m1/s1. The zero-order valence-corrected chi connectivity index (χ0v) is 11.1. The molecule has 104 valence electrons. The quantitative estimate of drug-likeness (QED) is 0.790. The maximum Gasteiger partial charge on any atom is 0.271 e. The molecular weight excluding hydrogens is 254 g/mol. The first-order valence-corrected chi connectivity index (χ1v) is 7.12. The number of carbonyl (C=O) groups is 1. The van der Waals surface area contributed by atoms with Crippen LogP contribution in [0.25, 0.3) is 11.0 Å². The molecule has 0 aromatic carbocycles. The van der Waals surface area contributed by atoms with E-state index < -0.39 is 5.91 Å². The fraction of sp³-hybridized carbons (Fsp3) is 0.500. The van der Waals surface area contributed by atoms with Gasteiger partial charge in [-0.25, -0.2) is 0 Å². The monoisotopic (exact) mass is 271 g/mol. The van der Waals surface area contributed by atoms with Gasteiger partial charge in [0.15, 0.2) is 11.3 Å². The normalized spacial score (nSPS) is 28.1. The second kappa shape index (κ2) is 4.19. The maximum absolute atomic E-state index is 11.6. The number of nitrogens with zero attached hydrogens (tertiary/aromatic N) is 2. The molecule has 0 unspecified atom stereocenters. The molecule has 0 aliphatic heterocycles. The Kier molecular flexibility index (Phi) is 2.45. The summed E-state index contributed by atoms with van der Waals surface area (Å²) in [6.07, 6.45) is 6.91. The minimum Gasteiger partial charge on any atom is -0.379 e. The number of aromatic amines is 1. The molecule has 2 bridgehead atoms. The number of nitrogens with one attached hydrogen (secondary N) is 2. The van der Waals surface area contributed by atoms with Crippen molar-refractivity contribution in [1.82, 2.24) is 15.2 Å². The van der Waals surface area contributed by atoms with Crippen molar-refractivity contribution < 1.29 is 4.79 Å². The number of fused-ring (bicyclic) bond motifs is 3. The Labute approximate surface area is 116 Å². The molecular formula is C14H17N5O. The first-order chi connectivity index (χ1) is 9.72. The zero-order valence-electron chi connectivity index (χ0n) is 11.1. The van der Waals surface area contributed by atoms with Crippen LogP contribution >= 0.6 is 0 Å². The maximum atomic E-state index is 11.6. The molecule has 6 nitrogen and oxygen atoms in total. The molecule has 2 aliphatic rings. The van der Waals surface area contributed by atoms with Gasteiger partial charge in [0.2, 0.25) is 0 Å². The van der Waals surface area contributed by atoms with E-state index in [2.05, 4.69) is 20.5 Å². The number of carbonyl (C=O) groups excluding carboxylic acids is 1. The second-order valence-corrected chi connectivity index (χ2v) is 5.95. The predicted molar refractivity (Wildman–Crippen MR) is 75.3 cm³/mol. The lowest BCUT2D eigenvalue weighted by molar-refractivity contribution is 0.0995. The van der Waals surface area contributed by atoms with Crippen LogP contribution in [0.2, 0.25) is 0 Å². The summed E-state index contributed by atoms with van der Waals surface area (Å²) in [4.78, 5) is 14.6. The van der Waals surface area contributed by atoms with Crippen LogP contribution in [0.15, 0.2) is 12.3 Å². The van der Waals surface area contributed by atoms with Crippen molar-refractivity contribution in [3.05, 3.63) is 18.0 Å². The van der Waals surface area contributed by atoms with Crippen LogP contribution in [0.1, 0.15) is 36.2 Å². The number of rotatable bonds is 3. The van der Waals surface area contributed by atoms with Crippen LogP contribution in [0.5, 0.6) is 0 Å². The predicted octanol–water partition coefficient (Wildman–Crippen LogP) is 1.66. The summed E-state index contributed by atoms with van der Waals surface area (Å²) in [7, 11) is 0. The first kappa shape index (κ1) is 11.7. The largest absolute Gasteiger partial charge is 0.379 e. The van der Waals surface area contributed by atoms with Gasteiger partial charge in [-0.2, -0.15) is 0 Å². The molecule has 6 heteroatoms. The Bertz CT molecular complexity index is 679. The van der Waals surface area contributed by atoms with Crippen LogP contribution < -0.4 is 11.1 Å². The highest BCUT2D eigenvalue weighted by atomic mass is 16.1. The van der Waals surface area contributed by atoms with Crippen LogP contribution in [0.3, 0.4) is 0 Å². The Hall–Kier alpha value is -2.11. The molecule has 2 saturated carbocycles. The zero-order chi connectivity index (χ0) is 13.7. The van der Waals surface area contributed by atoms with Gasteiger partial charge in [-0.3, -0.25) is 4.79 Å². The van der Waals surface area contributed by atoms with Crippen molar-refractivity contribution in [3.8, 4) is 0 Å². The molecule has 2 aromatic heterocycles. The number of primary amides is 1. The fourth-order valence-electron chi connectivity index (χ4n) is 3.85. The van der Waals surface area contributed by atoms with Crippen LogP contribution in [-0.4, -0.2) is 27.1 Å². The summed E-state index contributed by atoms with van der Waals surface area (Å²) >= 11 is 0. The van der Waals surface area contributed by atoms with E-state index in [1.54, 1.807) is 6.20 Å². The van der Waals surface area contributed by atoms with Crippen LogP contribution in [0, 0.1) is 11.8 Å². The number of amides is 1. The molecule has 4 N–H and O–H groups in total. The molecule has 0 radical (unpaired) electrons. The van der Waals surface area contributed by atoms with Gasteiger partial charge >= 0.3 is 0 Å². The van der Waals surface area contributed by atoms with Gasteiger partial charge in [0.25, 0.3) is 5.91 Å². The number of hydrogen-bond donors (Lipinski definition) is 3. The van der Waals surface area contributed by atoms with Gasteiger partial charge in [-0.1, -0.05) is 6.42 Å². The third-order valence-corrected chi connectivity index (χ3v) is 4.78. The van der Waals surface area contributed by atoms with E-state index in [0.717, 1.165) is 17.0 Å². The molecule has 2 aromatic rings. The summed E-state index contributed by atoms with van der Waals surface area (Å²) < 4.78 is 0. The lowest BCUT2D eigenvalue weighted by Crippen LogP contribution is -2.28. The first-order valence-electron chi connectivity index (χ1n) is 7.12. The van der Waals surface area contributed by atoms with E-state index >= 15 is 0 Å². The topological polar surface area (TPSA) is 96.7 Å². The Morgan fingerprint density at radius 3 is 2.95 bits per heavy atom. The van der Waals surface area contributed by atoms with E-state index in [1.807, 2.05) is 6.07 Å². The molecule has 2 aliphatic carbocycles. The van der Waals surface area contributed by atoms with E-state index in [1.165, 1.54) is 25.7 Å². The molecule has 2 heterocycles. The molecule has 2 fully saturated rings. The second-order valence-electron chi connectivity index (χ2n) is 5.95. The van der Waals surface area contributed by atoms with Crippen molar-refractivity contribution in [2.45, 2.75) is 31.7 Å². The summed E-state index contributed by atoms with van der Waals surface area (Å²) in [6.45, 7) is 0. The van der Waals surface area contributed by atoms with Crippen LogP contribution in [0.4, 0.5) is 5.69 Å². The molecule has 0 spiro atoms. The van der Waals surface area contributed by atoms with E-state index in [4.69, 9.17) is 5.73 Å². The van der Waals surface area contributed by atoms with Gasteiger partial charge in [0.05, 0.1) is 5.69 Å². The smallest absolute Gasteiger partial charge is 0.271 e. The third-order valence-electron chi connectivity index (χ3n) is 4.78. The minimum atomic E-state index is -0.536. The Morgan fingerprint density at radius 1 is 1.35 bits per heavy atom. The summed E-state index contributed by atoms with van der Waals surface area (Å²) in [6, 6.07) is 2.33. The van der Waals surface area contributed by atoms with Crippen molar-refractivity contribution in [2.75, 3.05) is 5.32 Å². The highest BCUT2D eigenvalue weighted by Crippen LogP contribution is 2.46. The highest BCUT2D eigenvalue weighted by Gasteiger charge is 2.40. The molecule has 1 amide bonds. The van der Waals surface area contributed by atoms with Gasteiger partial charge in [0, 0.05) is 17.6 Å². The average Bonchev–Trinajstić information content (AvgIpc) is 3.14. The van der Waals surface area contributed by atoms with Crippen molar-refractivity contribution >= 4 is 22.6 Å². The van der Waals surface area contributed by atoms with Crippen LogP contribution in [-0.2, 0) is 0 Å². The fourth-order valence-corrected chi connectivity index (χ4v) is 3.85. The Balaban J connectivity index is 1.75. The average molecular weight is 271 g/mol. The number of hydrogen-bond acceptors (Lipinski definition) is 4. The Morgan fingerprint density at radius 2 is 2.25 bits per heavy atom. The summed E-state index contributed by atoms with van der Waals surface area (Å²) in [5, 5.41) is 12.4. The van der Waals surface area contributed by atoms with E-state index in [-0.39, 0.29) is 5.69 Å². The molecule has 3 atom stereocenters. The molecule has 20 heavy (non-hydrogen) atoms. The SMILES string of the molecule is NC(=O)c1nnc2[nH]ccc2c1N[C@@H]1C[C@@H]2CC[C@@H]1C2. The minimum absolute atomic E-state index is 0.236. The lowest BCUT2D eigenvalue weighted by Gasteiger charge is -2.24. The number of anilines is 1. The molecule has 0 saturated heterocycles. The summed E-state index contributed by atoms with van der Waals surface area (Å²) in [5.41, 5.74) is 7.09. The third kappa shape index (κ3) is 1.67. The lowest BCUT2D eigenvalue weighted by atomic mass is 9.95. The highest BCUT2D eigenvalue weighted by molar-refractivity contribution is 6.04. The van der Waals surface area contributed by atoms with Gasteiger partial charge in [-0.05, 0) is 37.2 Å². The number of aromatic nitrogens is 3. The molecule has 4 rings (SSSR count). The van der Waals surface area contributed by atoms with Gasteiger partial charge < -0.3 is 16.0 Å². The van der Waals surface area contributed by atoms with Crippen molar-refractivity contribution in [3.63, 3.8) is 0 Å². The van der Waals surface area contributed by atoms with E-state index in [0.29, 0.717) is 17.6 Å². The van der Waals surface area contributed by atoms with Crippen molar-refractivity contribution in [1.29, 1.82) is 0 Å². The van der Waals surface area contributed by atoms with Gasteiger partial charge in [-0.15, -0.1) is 10.2 Å².